The van der Waals surface area contributed by atoms with Crippen LogP contribution in [0.5, 0.6) is 0 Å². The van der Waals surface area contributed by atoms with Crippen LogP contribution in [-0.4, -0.2) is 51.2 Å². The molecule has 1 saturated heterocycles. The SMILES string of the molecule is Nc1[nH]c(=S)[nH]c2nc3nc(=S)[nH]c(=O)c3c(-c3ccc(N4CCOCC4)cc3)c12. The number of H-pyrrole nitrogens is 3. The van der Waals surface area contributed by atoms with Gasteiger partial charge >= 0.3 is 0 Å². The van der Waals surface area contributed by atoms with E-state index < -0.39 is 0 Å². The van der Waals surface area contributed by atoms with Gasteiger partial charge in [-0.15, -0.1) is 0 Å². The molecule has 4 aromatic rings. The third kappa shape index (κ3) is 3.16. The monoisotopic (exact) mass is 439 g/mol. The molecule has 0 saturated carbocycles. The first-order valence-corrected chi connectivity index (χ1v) is 10.1. The lowest BCUT2D eigenvalue weighted by Crippen LogP contribution is -2.36. The van der Waals surface area contributed by atoms with Gasteiger partial charge in [0.2, 0.25) is 4.77 Å². The van der Waals surface area contributed by atoms with Gasteiger partial charge in [0.15, 0.2) is 10.4 Å². The summed E-state index contributed by atoms with van der Waals surface area (Å²) in [7, 11) is 0. The number of morpholine rings is 1. The Kier molecular flexibility index (Phi) is 4.57. The molecule has 1 fully saturated rings. The molecular weight excluding hydrogens is 422 g/mol. The summed E-state index contributed by atoms with van der Waals surface area (Å²) in [6.45, 7) is 3.09. The van der Waals surface area contributed by atoms with Crippen LogP contribution in [-0.2, 0) is 4.74 Å². The molecule has 5 rings (SSSR count). The highest BCUT2D eigenvalue weighted by atomic mass is 32.1. The summed E-state index contributed by atoms with van der Waals surface area (Å²) in [5.74, 6) is 0.317. The molecule has 1 aliphatic rings. The number of nitrogens with one attached hydrogen (secondary N) is 3. The van der Waals surface area contributed by atoms with Gasteiger partial charge in [-0.3, -0.25) is 9.78 Å². The number of rotatable bonds is 2. The molecule has 11 heteroatoms. The average molecular weight is 440 g/mol. The summed E-state index contributed by atoms with van der Waals surface area (Å²) in [6, 6.07) is 7.96. The number of ether oxygens (including phenoxy) is 1. The maximum Gasteiger partial charge on any atom is 0.261 e. The normalized spacial score (nSPS) is 14.5. The highest BCUT2D eigenvalue weighted by molar-refractivity contribution is 7.71. The van der Waals surface area contributed by atoms with Gasteiger partial charge in [-0.2, -0.15) is 4.98 Å². The van der Waals surface area contributed by atoms with E-state index in [9.17, 15) is 4.79 Å². The van der Waals surface area contributed by atoms with E-state index in [1.165, 1.54) is 0 Å². The van der Waals surface area contributed by atoms with Crippen molar-refractivity contribution in [2.24, 2.45) is 0 Å². The molecular formula is C19H17N7O2S2. The number of nitrogens with two attached hydrogens (primary N) is 1. The molecule has 9 nitrogen and oxygen atoms in total. The van der Waals surface area contributed by atoms with Crippen molar-refractivity contribution in [2.75, 3.05) is 36.9 Å². The molecule has 0 bridgehead atoms. The van der Waals surface area contributed by atoms with Crippen molar-refractivity contribution in [1.82, 2.24) is 24.9 Å². The van der Waals surface area contributed by atoms with Crippen molar-refractivity contribution < 1.29 is 4.74 Å². The number of nitrogens with zero attached hydrogens (tertiary/aromatic N) is 3. The minimum atomic E-state index is -0.367. The van der Waals surface area contributed by atoms with Gasteiger partial charge in [0, 0.05) is 24.3 Å². The van der Waals surface area contributed by atoms with Gasteiger partial charge in [0.25, 0.3) is 5.56 Å². The molecule has 3 aromatic heterocycles. The van der Waals surface area contributed by atoms with Crippen molar-refractivity contribution in [1.29, 1.82) is 0 Å². The number of hydrogen-bond donors (Lipinski definition) is 4. The van der Waals surface area contributed by atoms with Crippen molar-refractivity contribution in [2.45, 2.75) is 0 Å². The van der Waals surface area contributed by atoms with E-state index in [1.807, 2.05) is 24.3 Å². The highest BCUT2D eigenvalue weighted by Gasteiger charge is 2.19. The summed E-state index contributed by atoms with van der Waals surface area (Å²) in [5, 5.41) is 0.889. The Balaban J connectivity index is 1.80. The molecule has 0 radical (unpaired) electrons. The maximum absolute atomic E-state index is 12.8. The molecule has 0 spiro atoms. The molecule has 0 unspecified atom stereocenters. The molecule has 0 aliphatic carbocycles. The van der Waals surface area contributed by atoms with Crippen LogP contribution in [0.3, 0.4) is 0 Å². The fourth-order valence-electron chi connectivity index (χ4n) is 3.78. The standard InChI is InChI=1S/C19H17N7O2S2/c20-14-12-11(9-1-3-10(4-2-9)26-5-7-28-8-6-26)13-16(24-19(30)25-17(13)27)22-15(12)23-18(29)21-14/h1-4H,5-8H2,(H5,20,21,22,23,24,25,27,29,30). The zero-order chi connectivity index (χ0) is 20.8. The van der Waals surface area contributed by atoms with Crippen LogP contribution in [0.4, 0.5) is 11.5 Å². The number of benzene rings is 1. The Hall–Kier alpha value is -3.15. The lowest BCUT2D eigenvalue weighted by molar-refractivity contribution is 0.122. The number of nitrogen functional groups attached to an aromatic ring is 1. The van der Waals surface area contributed by atoms with Gasteiger partial charge < -0.3 is 25.3 Å². The topological polar surface area (TPSA) is 129 Å². The van der Waals surface area contributed by atoms with Gasteiger partial charge in [-0.1, -0.05) is 12.1 Å². The lowest BCUT2D eigenvalue weighted by atomic mass is 9.99. The highest BCUT2D eigenvalue weighted by Crippen LogP contribution is 2.35. The van der Waals surface area contributed by atoms with Gasteiger partial charge in [0.1, 0.15) is 11.5 Å². The molecule has 30 heavy (non-hydrogen) atoms. The summed E-state index contributed by atoms with van der Waals surface area (Å²) < 4.78 is 5.82. The number of fused-ring (bicyclic) bond motifs is 2. The van der Waals surface area contributed by atoms with Crippen LogP contribution >= 0.6 is 24.4 Å². The first-order chi connectivity index (χ1) is 14.5. The lowest BCUT2D eigenvalue weighted by Gasteiger charge is -2.29. The Morgan fingerprint density at radius 2 is 1.73 bits per heavy atom. The van der Waals surface area contributed by atoms with Crippen LogP contribution in [0.15, 0.2) is 29.1 Å². The van der Waals surface area contributed by atoms with Crippen molar-refractivity contribution in [3.63, 3.8) is 0 Å². The zero-order valence-electron chi connectivity index (χ0n) is 15.7. The van der Waals surface area contributed by atoms with Crippen LogP contribution in [0.2, 0.25) is 0 Å². The molecule has 0 atom stereocenters. The molecule has 5 N–H and O–H groups in total. The largest absolute Gasteiger partial charge is 0.385 e. The maximum atomic E-state index is 12.8. The van der Waals surface area contributed by atoms with Crippen LogP contribution in [0, 0.1) is 9.54 Å². The Bertz CT molecular complexity index is 1450. The average Bonchev–Trinajstić information content (AvgIpc) is 2.72. The molecule has 4 heterocycles. The molecule has 0 amide bonds. The number of anilines is 2. The predicted molar refractivity (Wildman–Crippen MR) is 121 cm³/mol. The van der Waals surface area contributed by atoms with Crippen LogP contribution in [0.25, 0.3) is 33.2 Å². The van der Waals surface area contributed by atoms with Gasteiger partial charge in [-0.25, -0.2) is 4.98 Å². The minimum Gasteiger partial charge on any atom is -0.385 e. The first kappa shape index (κ1) is 18.9. The number of hydrogen-bond acceptors (Lipinski definition) is 8. The number of aromatic nitrogens is 5. The van der Waals surface area contributed by atoms with E-state index in [0.717, 1.165) is 24.3 Å². The molecule has 152 valence electrons. The van der Waals surface area contributed by atoms with Crippen molar-refractivity contribution >= 4 is 58.0 Å². The molecule has 1 aliphatic heterocycles. The van der Waals surface area contributed by atoms with E-state index in [0.29, 0.717) is 45.8 Å². The summed E-state index contributed by atoms with van der Waals surface area (Å²) in [4.78, 5) is 32.3. The smallest absolute Gasteiger partial charge is 0.261 e. The second kappa shape index (κ2) is 7.27. The molecule has 1 aromatic carbocycles. The second-order valence-corrected chi connectivity index (χ2v) is 7.71. The number of aromatic amines is 3. The third-order valence-corrected chi connectivity index (χ3v) is 5.51. The summed E-state index contributed by atoms with van der Waals surface area (Å²) >= 11 is 10.3. The first-order valence-electron chi connectivity index (χ1n) is 9.30. The van der Waals surface area contributed by atoms with Gasteiger partial charge in [0.05, 0.1) is 24.0 Å². The second-order valence-electron chi connectivity index (χ2n) is 6.92. The van der Waals surface area contributed by atoms with Crippen molar-refractivity contribution in [3.8, 4) is 11.1 Å². The third-order valence-electron chi connectivity index (χ3n) is 5.11. The van der Waals surface area contributed by atoms with Crippen LogP contribution < -0.4 is 16.2 Å². The van der Waals surface area contributed by atoms with E-state index in [-0.39, 0.29) is 16.0 Å². The summed E-state index contributed by atoms with van der Waals surface area (Å²) in [5.41, 5.74) is 9.07. The van der Waals surface area contributed by atoms with Gasteiger partial charge in [-0.05, 0) is 42.1 Å². The fraction of sp³-hybridized carbons (Fsp3) is 0.211. The fourth-order valence-corrected chi connectivity index (χ4v) is 4.16. The predicted octanol–water partition coefficient (Wildman–Crippen LogP) is 2.67. The Morgan fingerprint density at radius 1 is 1.00 bits per heavy atom. The summed E-state index contributed by atoms with van der Waals surface area (Å²) in [6.07, 6.45) is 0. The van der Waals surface area contributed by atoms with E-state index in [1.54, 1.807) is 0 Å². The quantitative estimate of drug-likeness (QED) is 0.277. The van der Waals surface area contributed by atoms with E-state index >= 15 is 0 Å². The minimum absolute atomic E-state index is 0.0713. The zero-order valence-corrected chi connectivity index (χ0v) is 17.3. The number of pyridine rings is 1. The van der Waals surface area contributed by atoms with Crippen LogP contribution in [0.1, 0.15) is 0 Å². The van der Waals surface area contributed by atoms with E-state index in [2.05, 4.69) is 29.8 Å². The Morgan fingerprint density at radius 3 is 2.47 bits per heavy atom. The van der Waals surface area contributed by atoms with E-state index in [4.69, 9.17) is 34.9 Å². The Labute approximate surface area is 179 Å². The van der Waals surface area contributed by atoms with Crippen molar-refractivity contribution in [3.05, 3.63) is 44.2 Å².